The number of fused-ring (bicyclic) bond motifs is 1. The molecule has 2 aliphatic heterocycles. The Morgan fingerprint density at radius 1 is 1.28 bits per heavy atom. The zero-order chi connectivity index (χ0) is 19.3. The van der Waals surface area contributed by atoms with Gasteiger partial charge in [-0.05, 0) is 19.4 Å². The van der Waals surface area contributed by atoms with Gasteiger partial charge in [-0.15, -0.1) is 24.0 Å². The highest BCUT2D eigenvalue weighted by atomic mass is 127. The summed E-state index contributed by atoms with van der Waals surface area (Å²) < 4.78 is 11.3. The number of morpholine rings is 1. The van der Waals surface area contributed by atoms with Crippen LogP contribution in [0.4, 0.5) is 0 Å². The van der Waals surface area contributed by atoms with Gasteiger partial charge in [-0.1, -0.05) is 35.5 Å². The fourth-order valence-corrected chi connectivity index (χ4v) is 3.92. The first kappa shape index (κ1) is 22.0. The molecule has 1 N–H and O–H groups in total. The number of ether oxygens (including phenoxy) is 1. The topological polar surface area (TPSA) is 79.0 Å². The van der Waals surface area contributed by atoms with E-state index >= 15 is 0 Å². The third-order valence-electron chi connectivity index (χ3n) is 5.21. The van der Waals surface area contributed by atoms with Gasteiger partial charge in [0.2, 0.25) is 5.89 Å². The van der Waals surface area contributed by atoms with Crippen LogP contribution in [0.25, 0.3) is 0 Å². The second-order valence-corrected chi connectivity index (χ2v) is 7.24. The highest BCUT2D eigenvalue weighted by Crippen LogP contribution is 2.24. The van der Waals surface area contributed by atoms with E-state index < -0.39 is 0 Å². The monoisotopic (exact) mass is 512 g/mol. The van der Waals surface area contributed by atoms with Crippen LogP contribution in [-0.2, 0) is 17.8 Å². The highest BCUT2D eigenvalue weighted by Gasteiger charge is 2.41. The van der Waals surface area contributed by atoms with Gasteiger partial charge in [0, 0.05) is 32.7 Å². The molecule has 0 amide bonds. The van der Waals surface area contributed by atoms with Crippen molar-refractivity contribution >= 4 is 29.9 Å². The van der Waals surface area contributed by atoms with Crippen molar-refractivity contribution in [2.24, 2.45) is 4.99 Å². The first-order chi connectivity index (χ1) is 13.7. The summed E-state index contributed by atoms with van der Waals surface area (Å²) in [7, 11) is 0. The van der Waals surface area contributed by atoms with Gasteiger partial charge in [0.1, 0.15) is 6.54 Å². The molecule has 2 fully saturated rings. The molecule has 4 rings (SSSR count). The number of nitrogens with zero attached hydrogens (tertiary/aromatic N) is 5. The number of aromatic nitrogens is 2. The molecule has 2 aromatic rings. The van der Waals surface area contributed by atoms with Crippen molar-refractivity contribution in [3.8, 4) is 0 Å². The van der Waals surface area contributed by atoms with Crippen LogP contribution >= 0.6 is 24.0 Å². The number of likely N-dealkylation sites (tertiary alicyclic amines) is 1. The molecule has 0 bridgehead atoms. The molecule has 1 aromatic heterocycles. The van der Waals surface area contributed by atoms with Gasteiger partial charge in [-0.3, -0.25) is 4.90 Å². The molecule has 0 aliphatic carbocycles. The molecule has 158 valence electrons. The van der Waals surface area contributed by atoms with Gasteiger partial charge in [-0.2, -0.15) is 4.98 Å². The second kappa shape index (κ2) is 10.4. The quantitative estimate of drug-likeness (QED) is 0.373. The third-order valence-corrected chi connectivity index (χ3v) is 5.21. The molecule has 3 heterocycles. The predicted molar refractivity (Wildman–Crippen MR) is 121 cm³/mol. The van der Waals surface area contributed by atoms with Crippen molar-refractivity contribution in [2.75, 3.05) is 32.8 Å². The van der Waals surface area contributed by atoms with E-state index in [0.29, 0.717) is 24.3 Å². The molecule has 0 saturated carbocycles. The number of aryl methyl sites for hydroxylation is 1. The maximum absolute atomic E-state index is 6.09. The molecule has 2 aliphatic rings. The Morgan fingerprint density at radius 3 is 2.83 bits per heavy atom. The minimum atomic E-state index is 0. The summed E-state index contributed by atoms with van der Waals surface area (Å²) in [4.78, 5) is 13.8. The van der Waals surface area contributed by atoms with Crippen LogP contribution in [-0.4, -0.2) is 70.8 Å². The van der Waals surface area contributed by atoms with Crippen LogP contribution in [0.2, 0.25) is 0 Å². The number of rotatable bonds is 5. The molecule has 29 heavy (non-hydrogen) atoms. The van der Waals surface area contributed by atoms with Gasteiger partial charge >= 0.3 is 0 Å². The van der Waals surface area contributed by atoms with E-state index in [-0.39, 0.29) is 30.1 Å². The summed E-state index contributed by atoms with van der Waals surface area (Å²) in [6.07, 6.45) is 0.201. The predicted octanol–water partition coefficient (Wildman–Crippen LogP) is 2.05. The molecule has 0 radical (unpaired) electrons. The number of nitrogens with one attached hydrogen (secondary N) is 1. The highest BCUT2D eigenvalue weighted by molar-refractivity contribution is 14.0. The summed E-state index contributed by atoms with van der Waals surface area (Å²) in [6, 6.07) is 11.0. The van der Waals surface area contributed by atoms with Gasteiger partial charge in [0.15, 0.2) is 11.8 Å². The van der Waals surface area contributed by atoms with E-state index in [9.17, 15) is 0 Å². The summed E-state index contributed by atoms with van der Waals surface area (Å²) in [6.45, 7) is 9.49. The normalized spacial score (nSPS) is 22.3. The molecule has 9 heteroatoms. The van der Waals surface area contributed by atoms with Gasteiger partial charge in [-0.25, -0.2) is 4.99 Å². The lowest BCUT2D eigenvalue weighted by atomic mass is 10.1. The zero-order valence-electron chi connectivity index (χ0n) is 17.0. The third kappa shape index (κ3) is 5.46. The Labute approximate surface area is 188 Å². The SMILES string of the molecule is CCNC(=NCc1nc(C)no1)N1CC2OCCN(Cc3ccccc3)C2C1.I. The van der Waals surface area contributed by atoms with Crippen molar-refractivity contribution in [3.63, 3.8) is 0 Å². The summed E-state index contributed by atoms with van der Waals surface area (Å²) >= 11 is 0. The summed E-state index contributed by atoms with van der Waals surface area (Å²) in [5.74, 6) is 2.04. The Balaban J connectivity index is 0.00000240. The lowest BCUT2D eigenvalue weighted by molar-refractivity contribution is -0.0502. The van der Waals surface area contributed by atoms with Crippen molar-refractivity contribution in [1.29, 1.82) is 0 Å². The van der Waals surface area contributed by atoms with E-state index in [1.165, 1.54) is 5.56 Å². The van der Waals surface area contributed by atoms with Crippen molar-refractivity contribution in [2.45, 2.75) is 39.1 Å². The Morgan fingerprint density at radius 2 is 2.10 bits per heavy atom. The first-order valence-corrected chi connectivity index (χ1v) is 9.95. The van der Waals surface area contributed by atoms with E-state index in [1.54, 1.807) is 0 Å². The molecule has 1 aromatic carbocycles. The van der Waals surface area contributed by atoms with Crippen molar-refractivity contribution in [3.05, 3.63) is 47.6 Å². The number of hydrogen-bond donors (Lipinski definition) is 1. The van der Waals surface area contributed by atoms with Crippen molar-refractivity contribution in [1.82, 2.24) is 25.3 Å². The molecule has 2 unspecified atom stereocenters. The second-order valence-electron chi connectivity index (χ2n) is 7.24. The van der Waals surface area contributed by atoms with Crippen LogP contribution < -0.4 is 5.32 Å². The van der Waals surface area contributed by atoms with Crippen LogP contribution in [0.5, 0.6) is 0 Å². The standard InChI is InChI=1S/C20H28N6O2.HI/c1-3-21-20(22-11-19-23-15(2)24-28-19)26-13-17-18(14-26)27-10-9-25(17)12-16-7-5-4-6-8-16;/h4-8,17-18H,3,9-14H2,1-2H3,(H,21,22);1H. The van der Waals surface area contributed by atoms with Gasteiger partial charge in [0.25, 0.3) is 0 Å². The minimum absolute atomic E-state index is 0. The smallest absolute Gasteiger partial charge is 0.248 e. The van der Waals surface area contributed by atoms with E-state index in [4.69, 9.17) is 14.3 Å². The van der Waals surface area contributed by atoms with E-state index in [2.05, 4.69) is 62.5 Å². The van der Waals surface area contributed by atoms with Crippen LogP contribution in [0.15, 0.2) is 39.8 Å². The Kier molecular flexibility index (Phi) is 7.84. The van der Waals surface area contributed by atoms with Gasteiger partial charge in [0.05, 0.1) is 18.8 Å². The fraction of sp³-hybridized carbons (Fsp3) is 0.550. The van der Waals surface area contributed by atoms with E-state index in [0.717, 1.165) is 45.3 Å². The zero-order valence-corrected chi connectivity index (χ0v) is 19.3. The Hall–Kier alpha value is -1.72. The maximum Gasteiger partial charge on any atom is 0.248 e. The molecular weight excluding hydrogens is 483 g/mol. The molecule has 8 nitrogen and oxygen atoms in total. The fourth-order valence-electron chi connectivity index (χ4n) is 3.92. The summed E-state index contributed by atoms with van der Waals surface area (Å²) in [5.41, 5.74) is 1.34. The number of aliphatic imine (C=N–C) groups is 1. The number of benzene rings is 1. The maximum atomic E-state index is 6.09. The first-order valence-electron chi connectivity index (χ1n) is 9.95. The number of hydrogen-bond acceptors (Lipinski definition) is 6. The lowest BCUT2D eigenvalue weighted by Crippen LogP contribution is -2.50. The average Bonchev–Trinajstić information content (AvgIpc) is 3.32. The van der Waals surface area contributed by atoms with Crippen LogP contribution in [0.3, 0.4) is 0 Å². The van der Waals surface area contributed by atoms with Crippen LogP contribution in [0, 0.1) is 6.92 Å². The van der Waals surface area contributed by atoms with Gasteiger partial charge < -0.3 is 19.5 Å². The molecule has 2 atom stereocenters. The van der Waals surface area contributed by atoms with E-state index in [1.807, 2.05) is 6.92 Å². The largest absolute Gasteiger partial charge is 0.373 e. The summed E-state index contributed by atoms with van der Waals surface area (Å²) in [5, 5.41) is 7.22. The number of halogens is 1. The number of guanidine groups is 1. The molecule has 0 spiro atoms. The molecule has 2 saturated heterocycles. The lowest BCUT2D eigenvalue weighted by Gasteiger charge is -2.36. The Bertz CT molecular complexity index is 799. The van der Waals surface area contributed by atoms with Crippen LogP contribution in [0.1, 0.15) is 24.2 Å². The molecular formula is C20H29IN6O2. The average molecular weight is 512 g/mol. The van der Waals surface area contributed by atoms with Crippen molar-refractivity contribution < 1.29 is 9.26 Å². The minimum Gasteiger partial charge on any atom is -0.373 e.